The van der Waals surface area contributed by atoms with Crippen LogP contribution < -0.4 is 10.1 Å². The number of ether oxygens (including phenoxy) is 1. The molecule has 0 aliphatic carbocycles. The van der Waals surface area contributed by atoms with Crippen LogP contribution in [0.1, 0.15) is 30.9 Å². The first-order chi connectivity index (χ1) is 9.15. The summed E-state index contributed by atoms with van der Waals surface area (Å²) in [5, 5.41) is 3.37. The second-order valence-electron chi connectivity index (χ2n) is 6.44. The number of hydrogen-bond acceptors (Lipinski definition) is 3. The molecular formula is C16H24N2O. The molecule has 0 aromatic heterocycles. The zero-order valence-electron chi connectivity index (χ0n) is 12.0. The van der Waals surface area contributed by atoms with Crippen LogP contribution in [0, 0.1) is 5.41 Å². The molecule has 2 aliphatic rings. The molecule has 104 valence electrons. The van der Waals surface area contributed by atoms with Crippen molar-refractivity contribution < 1.29 is 4.74 Å². The summed E-state index contributed by atoms with van der Waals surface area (Å²) in [6, 6.07) is 6.51. The number of likely N-dealkylation sites (tertiary alicyclic amines) is 1. The van der Waals surface area contributed by atoms with Crippen LogP contribution in [-0.4, -0.2) is 31.6 Å². The van der Waals surface area contributed by atoms with Crippen LogP contribution in [0.25, 0.3) is 0 Å². The molecule has 2 heterocycles. The molecule has 0 unspecified atom stereocenters. The SMILES string of the molecule is CN1CCC(C)(COc2ccc3c(c2)CNC3)CC1. The predicted molar refractivity (Wildman–Crippen MR) is 77.3 cm³/mol. The lowest BCUT2D eigenvalue weighted by molar-refractivity contribution is 0.0803. The summed E-state index contributed by atoms with van der Waals surface area (Å²) < 4.78 is 6.06. The van der Waals surface area contributed by atoms with Gasteiger partial charge in [-0.3, -0.25) is 0 Å². The van der Waals surface area contributed by atoms with E-state index in [1.54, 1.807) is 0 Å². The van der Waals surface area contributed by atoms with Gasteiger partial charge >= 0.3 is 0 Å². The number of nitrogens with one attached hydrogen (secondary N) is 1. The number of hydrogen-bond donors (Lipinski definition) is 1. The minimum atomic E-state index is 0.337. The minimum absolute atomic E-state index is 0.337. The largest absolute Gasteiger partial charge is 0.493 e. The van der Waals surface area contributed by atoms with E-state index in [1.165, 1.54) is 37.1 Å². The molecule has 3 rings (SSSR count). The van der Waals surface area contributed by atoms with Crippen LogP contribution in [-0.2, 0) is 13.1 Å². The lowest BCUT2D eigenvalue weighted by Crippen LogP contribution is -2.39. The molecule has 3 heteroatoms. The fourth-order valence-electron chi connectivity index (χ4n) is 2.92. The zero-order valence-corrected chi connectivity index (χ0v) is 12.0. The van der Waals surface area contributed by atoms with E-state index < -0.39 is 0 Å². The van der Waals surface area contributed by atoms with E-state index in [9.17, 15) is 0 Å². The maximum atomic E-state index is 6.06. The quantitative estimate of drug-likeness (QED) is 0.903. The van der Waals surface area contributed by atoms with Crippen molar-refractivity contribution in [1.82, 2.24) is 10.2 Å². The lowest BCUT2D eigenvalue weighted by atomic mass is 9.81. The van der Waals surface area contributed by atoms with Crippen molar-refractivity contribution in [3.05, 3.63) is 29.3 Å². The molecule has 3 nitrogen and oxygen atoms in total. The Morgan fingerprint density at radius 1 is 1.21 bits per heavy atom. The molecule has 1 saturated heterocycles. The first-order valence-electron chi connectivity index (χ1n) is 7.29. The highest BCUT2D eigenvalue weighted by atomic mass is 16.5. The van der Waals surface area contributed by atoms with Gasteiger partial charge in [-0.1, -0.05) is 13.0 Å². The first kappa shape index (κ1) is 12.9. The Balaban J connectivity index is 1.60. The topological polar surface area (TPSA) is 24.5 Å². The van der Waals surface area contributed by atoms with E-state index in [4.69, 9.17) is 4.74 Å². The van der Waals surface area contributed by atoms with Crippen molar-refractivity contribution in [2.75, 3.05) is 26.7 Å². The molecule has 0 atom stereocenters. The van der Waals surface area contributed by atoms with Gasteiger partial charge in [0.1, 0.15) is 5.75 Å². The summed E-state index contributed by atoms with van der Waals surface area (Å²) in [7, 11) is 2.20. The fraction of sp³-hybridized carbons (Fsp3) is 0.625. The van der Waals surface area contributed by atoms with Gasteiger partial charge in [0.15, 0.2) is 0 Å². The van der Waals surface area contributed by atoms with Crippen LogP contribution in [0.5, 0.6) is 5.75 Å². The van der Waals surface area contributed by atoms with Gasteiger partial charge in [-0.15, -0.1) is 0 Å². The van der Waals surface area contributed by atoms with Crippen LogP contribution in [0.4, 0.5) is 0 Å². The maximum Gasteiger partial charge on any atom is 0.119 e. The molecule has 1 fully saturated rings. The Labute approximate surface area is 115 Å². The van der Waals surface area contributed by atoms with Crippen molar-refractivity contribution in [2.24, 2.45) is 5.41 Å². The van der Waals surface area contributed by atoms with Gasteiger partial charge in [-0.2, -0.15) is 0 Å². The van der Waals surface area contributed by atoms with E-state index in [2.05, 4.69) is 42.4 Å². The Morgan fingerprint density at radius 2 is 1.95 bits per heavy atom. The number of benzene rings is 1. The van der Waals surface area contributed by atoms with Crippen molar-refractivity contribution in [3.63, 3.8) is 0 Å². The molecule has 1 N–H and O–H groups in total. The van der Waals surface area contributed by atoms with Crippen molar-refractivity contribution >= 4 is 0 Å². The summed E-state index contributed by atoms with van der Waals surface area (Å²) in [5.74, 6) is 1.03. The maximum absolute atomic E-state index is 6.06. The fourth-order valence-corrected chi connectivity index (χ4v) is 2.92. The summed E-state index contributed by atoms with van der Waals surface area (Å²) in [6.07, 6.45) is 2.46. The van der Waals surface area contributed by atoms with Crippen molar-refractivity contribution in [1.29, 1.82) is 0 Å². The third kappa shape index (κ3) is 2.93. The molecule has 1 aromatic rings. The van der Waals surface area contributed by atoms with Crippen LogP contribution in [0.2, 0.25) is 0 Å². The molecule has 1 aromatic carbocycles. The highest BCUT2D eigenvalue weighted by molar-refractivity contribution is 5.37. The van der Waals surface area contributed by atoms with Crippen LogP contribution in [0.15, 0.2) is 18.2 Å². The average molecular weight is 260 g/mol. The Morgan fingerprint density at radius 3 is 2.74 bits per heavy atom. The summed E-state index contributed by atoms with van der Waals surface area (Å²) in [4.78, 5) is 2.41. The van der Waals surface area contributed by atoms with E-state index in [0.717, 1.165) is 25.4 Å². The molecule has 0 radical (unpaired) electrons. The normalized spacial score (nSPS) is 22.2. The summed E-state index contributed by atoms with van der Waals surface area (Å²) >= 11 is 0. The molecule has 0 spiro atoms. The van der Waals surface area contributed by atoms with Gasteiger partial charge < -0.3 is 15.0 Å². The molecular weight excluding hydrogens is 236 g/mol. The van der Waals surface area contributed by atoms with Crippen LogP contribution in [0.3, 0.4) is 0 Å². The standard InChI is InChI=1S/C16H24N2O/c1-16(5-7-18(2)8-6-16)12-19-15-4-3-13-10-17-11-14(13)9-15/h3-4,9,17H,5-8,10-12H2,1-2H3. The second kappa shape index (κ2) is 5.14. The van der Waals surface area contributed by atoms with Gasteiger partial charge in [0.2, 0.25) is 0 Å². The highest BCUT2D eigenvalue weighted by Gasteiger charge is 2.29. The molecule has 2 aliphatic heterocycles. The molecule has 0 amide bonds. The summed E-state index contributed by atoms with van der Waals surface area (Å²) in [5.41, 5.74) is 3.15. The van der Waals surface area contributed by atoms with E-state index in [-0.39, 0.29) is 0 Å². The monoisotopic (exact) mass is 260 g/mol. The third-order valence-corrected chi connectivity index (χ3v) is 4.59. The Bertz CT molecular complexity index is 450. The third-order valence-electron chi connectivity index (χ3n) is 4.59. The van der Waals surface area contributed by atoms with E-state index in [1.807, 2.05) is 0 Å². The van der Waals surface area contributed by atoms with Gasteiger partial charge in [-0.05, 0) is 56.2 Å². The van der Waals surface area contributed by atoms with E-state index in [0.29, 0.717) is 5.41 Å². The number of piperidine rings is 1. The Hall–Kier alpha value is -1.06. The second-order valence-corrected chi connectivity index (χ2v) is 6.44. The molecule has 0 saturated carbocycles. The number of rotatable bonds is 3. The Kier molecular flexibility index (Phi) is 3.50. The van der Waals surface area contributed by atoms with Crippen molar-refractivity contribution in [3.8, 4) is 5.75 Å². The highest BCUT2D eigenvalue weighted by Crippen LogP contribution is 2.31. The molecule has 0 bridgehead atoms. The van der Waals surface area contributed by atoms with Crippen LogP contribution >= 0.6 is 0 Å². The lowest BCUT2D eigenvalue weighted by Gasteiger charge is -2.37. The average Bonchev–Trinajstić information content (AvgIpc) is 2.88. The summed E-state index contributed by atoms with van der Waals surface area (Å²) in [6.45, 7) is 7.55. The minimum Gasteiger partial charge on any atom is -0.493 e. The zero-order chi connectivity index (χ0) is 13.3. The number of nitrogens with zero attached hydrogens (tertiary/aromatic N) is 1. The van der Waals surface area contributed by atoms with E-state index >= 15 is 0 Å². The van der Waals surface area contributed by atoms with Gasteiger partial charge in [0.25, 0.3) is 0 Å². The van der Waals surface area contributed by atoms with Gasteiger partial charge in [-0.25, -0.2) is 0 Å². The van der Waals surface area contributed by atoms with Gasteiger partial charge in [0, 0.05) is 18.5 Å². The molecule has 19 heavy (non-hydrogen) atoms. The number of fused-ring (bicyclic) bond motifs is 1. The smallest absolute Gasteiger partial charge is 0.119 e. The van der Waals surface area contributed by atoms with Crippen molar-refractivity contribution in [2.45, 2.75) is 32.9 Å². The first-order valence-corrected chi connectivity index (χ1v) is 7.29. The predicted octanol–water partition coefficient (Wildman–Crippen LogP) is 2.40. The van der Waals surface area contributed by atoms with Gasteiger partial charge in [0.05, 0.1) is 6.61 Å².